The van der Waals surface area contributed by atoms with Crippen LogP contribution in [0.2, 0.25) is 0 Å². The van der Waals surface area contributed by atoms with E-state index in [1.807, 2.05) is 6.07 Å². The van der Waals surface area contributed by atoms with Gasteiger partial charge in [0, 0.05) is 23.1 Å². The van der Waals surface area contributed by atoms with E-state index in [1.54, 1.807) is 49.0 Å². The van der Waals surface area contributed by atoms with E-state index in [0.717, 1.165) is 0 Å². The van der Waals surface area contributed by atoms with Crippen LogP contribution in [0, 0.1) is 5.82 Å². The number of halogens is 1. The summed E-state index contributed by atoms with van der Waals surface area (Å²) in [4.78, 5) is 16.9. The Hall–Kier alpha value is -3.53. The van der Waals surface area contributed by atoms with Gasteiger partial charge in [-0.25, -0.2) is 9.07 Å². The van der Waals surface area contributed by atoms with Crippen molar-refractivity contribution in [1.82, 2.24) is 14.8 Å². The lowest BCUT2D eigenvalue weighted by Crippen LogP contribution is -2.32. The number of methoxy groups -OCH3 is 2. The van der Waals surface area contributed by atoms with E-state index >= 15 is 0 Å². The summed E-state index contributed by atoms with van der Waals surface area (Å²) < 4.78 is 26.4. The Morgan fingerprint density at radius 3 is 2.72 bits per heavy atom. The number of primary amides is 1. The Morgan fingerprint density at radius 1 is 1.25 bits per heavy atom. The maximum Gasteiger partial charge on any atom is 0.248 e. The molecule has 1 unspecified atom stereocenters. The number of carbonyl (C=O) groups excluding carboxylic acids is 1. The topological polar surface area (TPSA) is 104 Å². The van der Waals surface area contributed by atoms with Gasteiger partial charge in [0.1, 0.15) is 23.4 Å². The number of nitrogens with one attached hydrogen (secondary N) is 1. The van der Waals surface area contributed by atoms with Crippen LogP contribution >= 0.6 is 11.8 Å². The van der Waals surface area contributed by atoms with Gasteiger partial charge in [-0.2, -0.15) is 4.98 Å². The number of hydrogen-bond donors (Lipinski definition) is 2. The molecule has 3 N–H and O–H groups in total. The average molecular weight is 456 g/mol. The SMILES string of the molecule is COc1ccc(C2C(C(N)=O)=C(C)Nc3nc(SCc4ccccc4F)nn32)c(OC)c1. The first-order valence-electron chi connectivity index (χ1n) is 9.75. The zero-order chi connectivity index (χ0) is 22.8. The molecule has 0 bridgehead atoms. The molecule has 3 aromatic rings. The number of anilines is 1. The molecular weight excluding hydrogens is 433 g/mol. The van der Waals surface area contributed by atoms with Crippen LogP contribution < -0.4 is 20.5 Å². The van der Waals surface area contributed by atoms with E-state index in [1.165, 1.54) is 24.9 Å². The number of allylic oxidation sites excluding steroid dienone is 1. The number of nitrogens with zero attached hydrogens (tertiary/aromatic N) is 3. The average Bonchev–Trinajstić information content (AvgIpc) is 3.19. The Balaban J connectivity index is 1.75. The third-order valence-electron chi connectivity index (χ3n) is 5.15. The molecular formula is C22H22FN5O3S. The normalized spacial score (nSPS) is 15.2. The second-order valence-electron chi connectivity index (χ2n) is 7.08. The van der Waals surface area contributed by atoms with Gasteiger partial charge < -0.3 is 20.5 Å². The van der Waals surface area contributed by atoms with Gasteiger partial charge in [0.25, 0.3) is 0 Å². The van der Waals surface area contributed by atoms with E-state index in [0.29, 0.717) is 50.8 Å². The molecule has 1 aliphatic rings. The standard InChI is InChI=1S/C22H22FN5O3S/c1-12-18(20(24)29)19(15-9-8-14(30-2)10-17(15)31-3)28-21(25-12)26-22(27-28)32-11-13-6-4-5-7-16(13)23/h4-10,19H,11H2,1-3H3,(H2,24,29)(H,25,26,27). The number of rotatable bonds is 7. The minimum atomic E-state index is -0.653. The summed E-state index contributed by atoms with van der Waals surface area (Å²) in [6, 6.07) is 11.2. The highest BCUT2D eigenvalue weighted by atomic mass is 32.2. The quantitative estimate of drug-likeness (QED) is 0.526. The minimum Gasteiger partial charge on any atom is -0.497 e. The summed E-state index contributed by atoms with van der Waals surface area (Å²) in [6.45, 7) is 1.76. The smallest absolute Gasteiger partial charge is 0.248 e. The van der Waals surface area contributed by atoms with Crippen molar-refractivity contribution in [2.24, 2.45) is 5.73 Å². The van der Waals surface area contributed by atoms with Crippen LogP contribution in [0.25, 0.3) is 0 Å². The molecule has 0 radical (unpaired) electrons. The molecule has 1 amide bonds. The fourth-order valence-corrected chi connectivity index (χ4v) is 4.42. The van der Waals surface area contributed by atoms with Gasteiger partial charge in [0.15, 0.2) is 0 Å². The number of hydrogen-bond acceptors (Lipinski definition) is 7. The Kier molecular flexibility index (Phi) is 6.04. The van der Waals surface area contributed by atoms with Crippen molar-refractivity contribution in [3.63, 3.8) is 0 Å². The van der Waals surface area contributed by atoms with Gasteiger partial charge in [0.2, 0.25) is 17.0 Å². The summed E-state index contributed by atoms with van der Waals surface area (Å²) in [5.74, 6) is 1.08. The summed E-state index contributed by atoms with van der Waals surface area (Å²) in [7, 11) is 3.10. The van der Waals surface area contributed by atoms with E-state index in [9.17, 15) is 9.18 Å². The van der Waals surface area contributed by atoms with Gasteiger partial charge in [-0.3, -0.25) is 4.79 Å². The summed E-state index contributed by atoms with van der Waals surface area (Å²) in [5.41, 5.74) is 7.89. The van der Waals surface area contributed by atoms with Crippen LogP contribution in [0.15, 0.2) is 58.9 Å². The van der Waals surface area contributed by atoms with Gasteiger partial charge in [-0.15, -0.1) is 5.10 Å². The highest BCUT2D eigenvalue weighted by Gasteiger charge is 2.35. The van der Waals surface area contributed by atoms with Crippen molar-refractivity contribution in [2.45, 2.75) is 23.9 Å². The number of nitrogens with two attached hydrogens (primary N) is 1. The molecule has 32 heavy (non-hydrogen) atoms. The maximum atomic E-state index is 14.0. The molecule has 1 aliphatic heterocycles. The molecule has 0 saturated carbocycles. The van der Waals surface area contributed by atoms with E-state index in [2.05, 4.69) is 15.4 Å². The predicted molar refractivity (Wildman–Crippen MR) is 119 cm³/mol. The lowest BCUT2D eigenvalue weighted by Gasteiger charge is -2.28. The van der Waals surface area contributed by atoms with Gasteiger partial charge >= 0.3 is 0 Å². The van der Waals surface area contributed by atoms with Crippen LogP contribution in [-0.4, -0.2) is 34.9 Å². The summed E-state index contributed by atoms with van der Waals surface area (Å²) in [5, 5.41) is 8.13. The zero-order valence-corrected chi connectivity index (χ0v) is 18.6. The van der Waals surface area contributed by atoms with Gasteiger partial charge in [-0.05, 0) is 30.7 Å². The molecule has 2 aromatic carbocycles. The third-order valence-corrected chi connectivity index (χ3v) is 6.03. The summed E-state index contributed by atoms with van der Waals surface area (Å²) >= 11 is 1.30. The van der Waals surface area contributed by atoms with E-state index in [4.69, 9.17) is 15.2 Å². The van der Waals surface area contributed by atoms with Crippen LogP contribution in [0.5, 0.6) is 11.5 Å². The number of benzene rings is 2. The van der Waals surface area contributed by atoms with Crippen LogP contribution in [-0.2, 0) is 10.5 Å². The lowest BCUT2D eigenvalue weighted by atomic mass is 9.94. The number of aromatic nitrogens is 3. The van der Waals surface area contributed by atoms with Crippen LogP contribution in [0.3, 0.4) is 0 Å². The highest BCUT2D eigenvalue weighted by Crippen LogP contribution is 2.41. The van der Waals surface area contributed by atoms with Crippen molar-refractivity contribution in [2.75, 3.05) is 19.5 Å². The second kappa shape index (κ2) is 8.91. The molecule has 0 spiro atoms. The van der Waals surface area contributed by atoms with Gasteiger partial charge in [-0.1, -0.05) is 30.0 Å². The van der Waals surface area contributed by atoms with Crippen molar-refractivity contribution < 1.29 is 18.7 Å². The molecule has 0 saturated heterocycles. The van der Waals surface area contributed by atoms with Crippen molar-refractivity contribution in [3.8, 4) is 11.5 Å². The Bertz CT molecular complexity index is 1210. The number of fused-ring (bicyclic) bond motifs is 1. The van der Waals surface area contributed by atoms with Crippen molar-refractivity contribution in [3.05, 3.63) is 70.7 Å². The number of amides is 1. The monoisotopic (exact) mass is 455 g/mol. The second-order valence-corrected chi connectivity index (χ2v) is 8.02. The lowest BCUT2D eigenvalue weighted by molar-refractivity contribution is -0.115. The molecule has 1 aromatic heterocycles. The highest BCUT2D eigenvalue weighted by molar-refractivity contribution is 7.98. The summed E-state index contributed by atoms with van der Waals surface area (Å²) in [6.07, 6.45) is 0. The van der Waals surface area contributed by atoms with E-state index < -0.39 is 11.9 Å². The number of thioether (sulfide) groups is 1. The molecule has 8 nitrogen and oxygen atoms in total. The molecule has 10 heteroatoms. The number of ether oxygens (including phenoxy) is 2. The number of carbonyl (C=O) groups is 1. The van der Waals surface area contributed by atoms with Gasteiger partial charge in [0.05, 0.1) is 19.8 Å². The maximum absolute atomic E-state index is 14.0. The molecule has 2 heterocycles. The first-order chi connectivity index (χ1) is 15.4. The van der Waals surface area contributed by atoms with Crippen molar-refractivity contribution >= 4 is 23.6 Å². The Morgan fingerprint density at radius 2 is 2.03 bits per heavy atom. The molecule has 0 aliphatic carbocycles. The van der Waals surface area contributed by atoms with E-state index in [-0.39, 0.29) is 5.82 Å². The largest absolute Gasteiger partial charge is 0.497 e. The molecule has 4 rings (SSSR count). The third kappa shape index (κ3) is 4.01. The van der Waals surface area contributed by atoms with Crippen LogP contribution in [0.4, 0.5) is 10.3 Å². The fourth-order valence-electron chi connectivity index (χ4n) is 3.60. The molecule has 1 atom stereocenters. The zero-order valence-electron chi connectivity index (χ0n) is 17.8. The fraction of sp³-hybridized carbons (Fsp3) is 0.227. The molecule has 0 fully saturated rings. The predicted octanol–water partition coefficient (Wildman–Crippen LogP) is 3.50. The van der Waals surface area contributed by atoms with Crippen LogP contribution in [0.1, 0.15) is 24.1 Å². The first-order valence-corrected chi connectivity index (χ1v) is 10.7. The first kappa shape index (κ1) is 21.7. The minimum absolute atomic E-state index is 0.281. The Labute approximate surface area is 188 Å². The molecule has 166 valence electrons. The van der Waals surface area contributed by atoms with Crippen molar-refractivity contribution in [1.29, 1.82) is 0 Å².